The number of halogens is 3. The van der Waals surface area contributed by atoms with Crippen molar-refractivity contribution in [3.8, 4) is 22.9 Å². The lowest BCUT2D eigenvalue weighted by Crippen LogP contribution is -2.16. The summed E-state index contributed by atoms with van der Waals surface area (Å²) in [4.78, 5) is 0. The van der Waals surface area contributed by atoms with E-state index in [4.69, 9.17) is 56.5 Å². The first-order valence-electron chi connectivity index (χ1n) is 9.86. The lowest BCUT2D eigenvalue weighted by Gasteiger charge is -2.15. The number of aromatic nitrogens is 3. The smallest absolute Gasteiger partial charge is 0.214 e. The number of hydrogen-bond acceptors (Lipinski definition) is 5. The highest BCUT2D eigenvalue weighted by Crippen LogP contribution is 2.29. The largest absolute Gasteiger partial charge is 0.496 e. The molecule has 0 saturated heterocycles. The Labute approximate surface area is 211 Å². The second-order valence-electron chi connectivity index (χ2n) is 7.01. The lowest BCUT2D eigenvalue weighted by atomic mass is 10.2. The first-order chi connectivity index (χ1) is 16.0. The third-order valence-electron chi connectivity index (χ3n) is 4.85. The summed E-state index contributed by atoms with van der Waals surface area (Å²) in [6, 6.07) is 18.4. The van der Waals surface area contributed by atoms with Crippen LogP contribution in [-0.4, -0.2) is 22.0 Å². The van der Waals surface area contributed by atoms with Crippen LogP contribution >= 0.6 is 47.0 Å². The predicted octanol–water partition coefficient (Wildman–Crippen LogP) is 6.90. The number of hydrogen-bond donors (Lipinski definition) is 2. The van der Waals surface area contributed by atoms with E-state index in [1.165, 1.54) is 0 Å². The fourth-order valence-corrected chi connectivity index (χ4v) is 3.95. The van der Waals surface area contributed by atoms with Crippen LogP contribution in [0.5, 0.6) is 11.5 Å². The molecule has 3 aromatic carbocycles. The molecule has 0 aliphatic heterocycles. The maximum absolute atomic E-state index is 6.25. The summed E-state index contributed by atoms with van der Waals surface area (Å²) >= 11 is 23.8. The van der Waals surface area contributed by atoms with Gasteiger partial charge in [-0.3, -0.25) is 0 Å². The van der Waals surface area contributed by atoms with Gasteiger partial charge < -0.3 is 14.9 Å². The second-order valence-corrected chi connectivity index (χ2v) is 8.65. The van der Waals surface area contributed by atoms with E-state index in [0.29, 0.717) is 50.3 Å². The van der Waals surface area contributed by atoms with Crippen molar-refractivity contribution in [1.29, 1.82) is 0 Å². The van der Waals surface area contributed by atoms with Crippen LogP contribution < -0.4 is 14.9 Å². The highest BCUT2D eigenvalue weighted by Gasteiger charge is 2.14. The summed E-state index contributed by atoms with van der Waals surface area (Å²) in [6.45, 7) is 0.705. The highest BCUT2D eigenvalue weighted by molar-refractivity contribution is 7.71. The second kappa shape index (κ2) is 10.5. The maximum Gasteiger partial charge on any atom is 0.214 e. The van der Waals surface area contributed by atoms with E-state index in [9.17, 15) is 0 Å². The first kappa shape index (κ1) is 23.4. The molecule has 0 atom stereocenters. The summed E-state index contributed by atoms with van der Waals surface area (Å²) in [5.74, 6) is 1.95. The van der Waals surface area contributed by atoms with Crippen molar-refractivity contribution < 1.29 is 9.47 Å². The molecule has 0 unspecified atom stereocenters. The topological polar surface area (TPSA) is 64.1 Å². The molecular weight excluding hydrogens is 503 g/mol. The Bertz CT molecular complexity index is 1340. The van der Waals surface area contributed by atoms with Crippen LogP contribution in [0.4, 0.5) is 0 Å². The molecule has 2 N–H and O–H groups in total. The van der Waals surface area contributed by atoms with Crippen molar-refractivity contribution >= 4 is 47.0 Å². The van der Waals surface area contributed by atoms with Gasteiger partial charge in [-0.2, -0.15) is 5.10 Å². The zero-order valence-corrected chi connectivity index (χ0v) is 20.5. The number of rotatable bonds is 8. The number of benzene rings is 3. The molecular formula is C23H19Cl3N4O2S. The quantitative estimate of drug-likeness (QED) is 0.247. The van der Waals surface area contributed by atoms with Gasteiger partial charge in [-0.1, -0.05) is 53.0 Å². The summed E-state index contributed by atoms with van der Waals surface area (Å²) < 4.78 is 13.6. The molecule has 170 valence electrons. The van der Waals surface area contributed by atoms with E-state index in [1.807, 2.05) is 42.5 Å². The Balaban J connectivity index is 1.56. The van der Waals surface area contributed by atoms with Crippen LogP contribution in [0.1, 0.15) is 11.1 Å². The summed E-state index contributed by atoms with van der Waals surface area (Å²) in [6.07, 6.45) is 0. The molecule has 1 aromatic heterocycles. The van der Waals surface area contributed by atoms with Gasteiger partial charge in [0, 0.05) is 10.6 Å². The van der Waals surface area contributed by atoms with Crippen LogP contribution in [0, 0.1) is 4.77 Å². The summed E-state index contributed by atoms with van der Waals surface area (Å²) in [5.41, 5.74) is 5.83. The SMILES string of the molecule is COc1ccccc1-c1n[nH]c(=S)n1NCc1cc(Cl)ccc1OCc1ccc(Cl)c(Cl)c1. The zero-order chi connectivity index (χ0) is 23.4. The van der Waals surface area contributed by atoms with Crippen molar-refractivity contribution in [2.24, 2.45) is 0 Å². The van der Waals surface area contributed by atoms with E-state index >= 15 is 0 Å². The number of methoxy groups -OCH3 is 1. The van der Waals surface area contributed by atoms with Gasteiger partial charge in [-0.25, -0.2) is 9.77 Å². The van der Waals surface area contributed by atoms with Gasteiger partial charge in [0.25, 0.3) is 0 Å². The zero-order valence-electron chi connectivity index (χ0n) is 17.4. The van der Waals surface area contributed by atoms with Gasteiger partial charge in [0.1, 0.15) is 18.1 Å². The Morgan fingerprint density at radius 3 is 2.61 bits per heavy atom. The average Bonchev–Trinajstić information content (AvgIpc) is 3.19. The van der Waals surface area contributed by atoms with Crippen molar-refractivity contribution in [2.45, 2.75) is 13.2 Å². The van der Waals surface area contributed by atoms with Gasteiger partial charge in [-0.05, 0) is 60.2 Å². The fraction of sp³-hybridized carbons (Fsp3) is 0.130. The molecule has 4 rings (SSSR count). The molecule has 0 aliphatic rings. The predicted molar refractivity (Wildman–Crippen MR) is 135 cm³/mol. The normalized spacial score (nSPS) is 10.8. The molecule has 0 bridgehead atoms. The van der Waals surface area contributed by atoms with Crippen LogP contribution in [0.3, 0.4) is 0 Å². The molecule has 0 amide bonds. The number of nitrogens with one attached hydrogen (secondary N) is 2. The van der Waals surface area contributed by atoms with Gasteiger partial charge in [0.15, 0.2) is 5.82 Å². The lowest BCUT2D eigenvalue weighted by molar-refractivity contribution is 0.303. The minimum absolute atomic E-state index is 0.323. The van der Waals surface area contributed by atoms with Crippen LogP contribution in [-0.2, 0) is 13.2 Å². The minimum atomic E-state index is 0.323. The van der Waals surface area contributed by atoms with E-state index in [0.717, 1.165) is 16.7 Å². The molecule has 0 radical (unpaired) electrons. The van der Waals surface area contributed by atoms with Gasteiger partial charge >= 0.3 is 0 Å². The monoisotopic (exact) mass is 520 g/mol. The van der Waals surface area contributed by atoms with Crippen molar-refractivity contribution in [3.63, 3.8) is 0 Å². The average molecular weight is 522 g/mol. The van der Waals surface area contributed by atoms with Gasteiger partial charge in [0.05, 0.1) is 29.3 Å². The molecule has 0 aliphatic carbocycles. The third kappa shape index (κ3) is 5.45. The van der Waals surface area contributed by atoms with E-state index in [-0.39, 0.29) is 0 Å². The van der Waals surface area contributed by atoms with Gasteiger partial charge in [0.2, 0.25) is 4.77 Å². The number of para-hydroxylation sites is 1. The van der Waals surface area contributed by atoms with Crippen molar-refractivity contribution in [2.75, 3.05) is 12.5 Å². The van der Waals surface area contributed by atoms with Crippen molar-refractivity contribution in [1.82, 2.24) is 14.9 Å². The van der Waals surface area contributed by atoms with E-state index in [2.05, 4.69) is 15.6 Å². The molecule has 33 heavy (non-hydrogen) atoms. The van der Waals surface area contributed by atoms with Crippen LogP contribution in [0.25, 0.3) is 11.4 Å². The number of ether oxygens (including phenoxy) is 2. The summed E-state index contributed by atoms with van der Waals surface area (Å²) in [5, 5.41) is 8.76. The van der Waals surface area contributed by atoms with E-state index in [1.54, 1.807) is 30.0 Å². The third-order valence-corrected chi connectivity index (χ3v) is 6.10. The van der Waals surface area contributed by atoms with Crippen LogP contribution in [0.2, 0.25) is 15.1 Å². The summed E-state index contributed by atoms with van der Waals surface area (Å²) in [7, 11) is 1.61. The molecule has 0 spiro atoms. The number of aromatic amines is 1. The molecule has 4 aromatic rings. The minimum Gasteiger partial charge on any atom is -0.496 e. The Hall–Kier alpha value is -2.71. The Morgan fingerprint density at radius 1 is 1.00 bits per heavy atom. The molecule has 1 heterocycles. The van der Waals surface area contributed by atoms with Crippen LogP contribution in [0.15, 0.2) is 60.7 Å². The fourth-order valence-electron chi connectivity index (χ4n) is 3.24. The number of H-pyrrole nitrogens is 1. The van der Waals surface area contributed by atoms with Gasteiger partial charge in [-0.15, -0.1) is 0 Å². The Kier molecular flexibility index (Phi) is 7.45. The molecule has 0 saturated carbocycles. The first-order valence-corrected chi connectivity index (χ1v) is 11.4. The molecule has 10 heteroatoms. The van der Waals surface area contributed by atoms with E-state index < -0.39 is 0 Å². The standard InChI is InChI=1S/C23H19Cl3N4O2S/c1-31-21-5-3-2-4-17(21)22-28-29-23(33)30(22)27-12-15-11-16(24)7-9-20(15)32-13-14-6-8-18(25)19(26)10-14/h2-11,27H,12-13H2,1H3,(H,29,33). The maximum atomic E-state index is 6.25. The van der Waals surface area contributed by atoms with Crippen molar-refractivity contribution in [3.05, 3.63) is 91.6 Å². The highest BCUT2D eigenvalue weighted by atomic mass is 35.5. The number of nitrogens with zero attached hydrogens (tertiary/aromatic N) is 2. The molecule has 0 fully saturated rings. The Morgan fingerprint density at radius 2 is 1.82 bits per heavy atom. The molecule has 6 nitrogen and oxygen atoms in total.